The Hall–Kier alpha value is -3.75. The molecule has 1 aromatic heterocycles. The number of aryl methyl sites for hydroxylation is 1. The van der Waals surface area contributed by atoms with Gasteiger partial charge in [0.05, 0.1) is 0 Å². The summed E-state index contributed by atoms with van der Waals surface area (Å²) in [4.78, 5) is 20.7. The zero-order chi connectivity index (χ0) is 20.4. The summed E-state index contributed by atoms with van der Waals surface area (Å²) in [5.41, 5.74) is 0.537. The molecular formula is C20H16F2N4O3. The SMILES string of the molecule is Cc1nc(Nc2c(F)cccc2F)cc(C(=O)NCc2ccc3c(c2)OCO3)n1. The van der Waals surface area contributed by atoms with E-state index in [1.807, 2.05) is 6.07 Å². The van der Waals surface area contributed by atoms with Gasteiger partial charge in [-0.2, -0.15) is 0 Å². The third-order valence-corrected chi connectivity index (χ3v) is 4.18. The van der Waals surface area contributed by atoms with Crippen LogP contribution in [0, 0.1) is 18.6 Å². The van der Waals surface area contributed by atoms with Crippen LogP contribution in [0.1, 0.15) is 21.9 Å². The Bertz CT molecular complexity index is 1070. The maximum atomic E-state index is 13.9. The van der Waals surface area contributed by atoms with Gasteiger partial charge in [-0.15, -0.1) is 0 Å². The summed E-state index contributed by atoms with van der Waals surface area (Å²) in [6.07, 6.45) is 0. The Balaban J connectivity index is 1.48. The lowest BCUT2D eigenvalue weighted by atomic mass is 10.2. The van der Waals surface area contributed by atoms with E-state index in [2.05, 4.69) is 20.6 Å². The van der Waals surface area contributed by atoms with Crippen LogP contribution in [0.2, 0.25) is 0 Å². The van der Waals surface area contributed by atoms with E-state index >= 15 is 0 Å². The second-order valence-electron chi connectivity index (χ2n) is 6.28. The molecule has 7 nitrogen and oxygen atoms in total. The summed E-state index contributed by atoms with van der Waals surface area (Å²) in [5.74, 6) is -0.333. The van der Waals surface area contributed by atoms with Crippen LogP contribution in [-0.2, 0) is 6.54 Å². The quantitative estimate of drug-likeness (QED) is 0.685. The number of nitrogens with one attached hydrogen (secondary N) is 2. The first kappa shape index (κ1) is 18.6. The number of carbonyl (C=O) groups excluding carboxylic acids is 1. The summed E-state index contributed by atoms with van der Waals surface area (Å²) in [6, 6.07) is 10.2. The fraction of sp³-hybridized carbons (Fsp3) is 0.150. The van der Waals surface area contributed by atoms with Crippen molar-refractivity contribution in [2.45, 2.75) is 13.5 Å². The number of benzene rings is 2. The van der Waals surface area contributed by atoms with Crippen molar-refractivity contribution in [3.63, 3.8) is 0 Å². The lowest BCUT2D eigenvalue weighted by Crippen LogP contribution is -2.24. The fourth-order valence-electron chi connectivity index (χ4n) is 2.82. The number of nitrogens with zero attached hydrogens (tertiary/aromatic N) is 2. The van der Waals surface area contributed by atoms with Gasteiger partial charge in [0.15, 0.2) is 11.5 Å². The van der Waals surface area contributed by atoms with Crippen molar-refractivity contribution in [3.8, 4) is 11.5 Å². The molecule has 0 saturated heterocycles. The Labute approximate surface area is 164 Å². The zero-order valence-electron chi connectivity index (χ0n) is 15.3. The number of hydrogen-bond acceptors (Lipinski definition) is 6. The molecule has 4 rings (SSSR count). The molecule has 1 aliphatic heterocycles. The molecule has 0 aliphatic carbocycles. The third kappa shape index (κ3) is 4.08. The van der Waals surface area contributed by atoms with Gasteiger partial charge in [0.25, 0.3) is 5.91 Å². The van der Waals surface area contributed by atoms with E-state index in [0.29, 0.717) is 11.5 Å². The van der Waals surface area contributed by atoms with E-state index in [9.17, 15) is 13.6 Å². The van der Waals surface area contributed by atoms with Crippen molar-refractivity contribution < 1.29 is 23.0 Å². The number of fused-ring (bicyclic) bond motifs is 1. The molecule has 9 heteroatoms. The third-order valence-electron chi connectivity index (χ3n) is 4.18. The van der Waals surface area contributed by atoms with E-state index in [1.54, 1.807) is 19.1 Å². The Morgan fingerprint density at radius 2 is 1.83 bits per heavy atom. The molecule has 0 saturated carbocycles. The number of ether oxygens (including phenoxy) is 2. The normalized spacial score (nSPS) is 12.0. The molecule has 1 aliphatic rings. The van der Waals surface area contributed by atoms with Gasteiger partial charge in [-0.3, -0.25) is 4.79 Å². The highest BCUT2D eigenvalue weighted by atomic mass is 19.1. The second kappa shape index (κ2) is 7.70. The molecule has 0 bridgehead atoms. The van der Waals surface area contributed by atoms with E-state index < -0.39 is 17.5 Å². The second-order valence-corrected chi connectivity index (χ2v) is 6.28. The first-order valence-corrected chi connectivity index (χ1v) is 8.73. The first-order valence-electron chi connectivity index (χ1n) is 8.73. The van der Waals surface area contributed by atoms with Crippen molar-refractivity contribution >= 4 is 17.4 Å². The molecule has 0 unspecified atom stereocenters. The molecule has 148 valence electrons. The van der Waals surface area contributed by atoms with E-state index in [1.165, 1.54) is 12.1 Å². The van der Waals surface area contributed by atoms with Gasteiger partial charge < -0.3 is 20.1 Å². The van der Waals surface area contributed by atoms with Crippen molar-refractivity contribution in [1.82, 2.24) is 15.3 Å². The Kier molecular flexibility index (Phi) is 4.94. The summed E-state index contributed by atoms with van der Waals surface area (Å²) >= 11 is 0. The van der Waals surface area contributed by atoms with Crippen molar-refractivity contribution in [2.75, 3.05) is 12.1 Å². The number of hydrogen-bond donors (Lipinski definition) is 2. The smallest absolute Gasteiger partial charge is 0.270 e. The molecule has 0 fully saturated rings. The van der Waals surface area contributed by atoms with Crippen LogP contribution in [0.25, 0.3) is 0 Å². The summed E-state index contributed by atoms with van der Waals surface area (Å²) in [5, 5.41) is 5.31. The highest BCUT2D eigenvalue weighted by Crippen LogP contribution is 2.32. The number of para-hydroxylation sites is 1. The maximum absolute atomic E-state index is 13.9. The predicted molar refractivity (Wildman–Crippen MR) is 100 cm³/mol. The predicted octanol–water partition coefficient (Wildman–Crippen LogP) is 3.47. The fourth-order valence-corrected chi connectivity index (χ4v) is 2.82. The van der Waals surface area contributed by atoms with Crippen LogP contribution >= 0.6 is 0 Å². The Morgan fingerprint density at radius 3 is 2.62 bits per heavy atom. The van der Waals surface area contributed by atoms with Gasteiger partial charge in [0, 0.05) is 12.6 Å². The largest absolute Gasteiger partial charge is 0.454 e. The molecule has 1 amide bonds. The van der Waals surface area contributed by atoms with Gasteiger partial charge >= 0.3 is 0 Å². The molecule has 2 heterocycles. The van der Waals surface area contributed by atoms with Crippen LogP contribution in [0.3, 0.4) is 0 Å². The Morgan fingerprint density at radius 1 is 1.07 bits per heavy atom. The zero-order valence-corrected chi connectivity index (χ0v) is 15.3. The lowest BCUT2D eigenvalue weighted by molar-refractivity contribution is 0.0945. The highest BCUT2D eigenvalue weighted by molar-refractivity contribution is 5.93. The van der Waals surface area contributed by atoms with Gasteiger partial charge in [0.1, 0.15) is 34.7 Å². The van der Waals surface area contributed by atoms with Crippen molar-refractivity contribution in [3.05, 3.63) is 71.2 Å². The monoisotopic (exact) mass is 398 g/mol. The van der Waals surface area contributed by atoms with E-state index in [0.717, 1.165) is 17.7 Å². The van der Waals surface area contributed by atoms with Crippen LogP contribution in [0.5, 0.6) is 11.5 Å². The molecule has 0 radical (unpaired) electrons. The summed E-state index contributed by atoms with van der Waals surface area (Å²) in [6.45, 7) is 1.99. The molecule has 3 aromatic rings. The highest BCUT2D eigenvalue weighted by Gasteiger charge is 2.16. The number of carbonyl (C=O) groups is 1. The van der Waals surface area contributed by atoms with Gasteiger partial charge in [-0.1, -0.05) is 12.1 Å². The summed E-state index contributed by atoms with van der Waals surface area (Å²) in [7, 11) is 0. The topological polar surface area (TPSA) is 85.4 Å². The maximum Gasteiger partial charge on any atom is 0.270 e. The van der Waals surface area contributed by atoms with E-state index in [-0.39, 0.29) is 36.4 Å². The minimum Gasteiger partial charge on any atom is -0.454 e. The molecule has 0 spiro atoms. The van der Waals surface area contributed by atoms with Gasteiger partial charge in [-0.05, 0) is 36.8 Å². The molecule has 29 heavy (non-hydrogen) atoms. The number of aromatic nitrogens is 2. The van der Waals surface area contributed by atoms with Crippen LogP contribution in [-0.4, -0.2) is 22.7 Å². The minimum absolute atomic E-state index is 0.0671. The van der Waals surface area contributed by atoms with Crippen LogP contribution < -0.4 is 20.1 Å². The average molecular weight is 398 g/mol. The molecule has 2 aromatic carbocycles. The van der Waals surface area contributed by atoms with Crippen molar-refractivity contribution in [1.29, 1.82) is 0 Å². The minimum atomic E-state index is -0.768. The molecular weight excluding hydrogens is 382 g/mol. The molecule has 2 N–H and O–H groups in total. The van der Waals surface area contributed by atoms with Crippen LogP contribution in [0.4, 0.5) is 20.3 Å². The van der Waals surface area contributed by atoms with Crippen molar-refractivity contribution in [2.24, 2.45) is 0 Å². The van der Waals surface area contributed by atoms with Gasteiger partial charge in [0.2, 0.25) is 6.79 Å². The number of amides is 1. The number of halogens is 2. The van der Waals surface area contributed by atoms with E-state index in [4.69, 9.17) is 9.47 Å². The van der Waals surface area contributed by atoms with Crippen LogP contribution in [0.15, 0.2) is 42.5 Å². The number of rotatable bonds is 5. The summed E-state index contributed by atoms with van der Waals surface area (Å²) < 4.78 is 38.3. The lowest BCUT2D eigenvalue weighted by Gasteiger charge is -2.10. The first-order chi connectivity index (χ1) is 14.0. The standard InChI is InChI=1S/C20H16F2N4O3/c1-11-24-15(8-18(25-11)26-19-13(21)3-2-4-14(19)22)20(27)23-9-12-5-6-16-17(7-12)29-10-28-16/h2-8H,9-10H2,1H3,(H,23,27)(H,24,25,26). The average Bonchev–Trinajstić information content (AvgIpc) is 3.16. The van der Waals surface area contributed by atoms with Gasteiger partial charge in [-0.25, -0.2) is 18.7 Å². The molecule has 0 atom stereocenters. The number of anilines is 2.